The van der Waals surface area contributed by atoms with E-state index in [0.29, 0.717) is 23.1 Å². The van der Waals surface area contributed by atoms with Crippen LogP contribution in [0.1, 0.15) is 17.4 Å². The summed E-state index contributed by atoms with van der Waals surface area (Å²) in [6, 6.07) is 7.01. The van der Waals surface area contributed by atoms with Crippen molar-refractivity contribution in [2.45, 2.75) is 6.92 Å². The second-order valence-corrected chi connectivity index (χ2v) is 4.05. The number of fused-ring (bicyclic) bond motifs is 1. The van der Waals surface area contributed by atoms with Crippen LogP contribution in [-0.4, -0.2) is 40.3 Å². The number of carbonyl (C=O) groups is 2. The van der Waals surface area contributed by atoms with Crippen LogP contribution in [0, 0.1) is 0 Å². The SMILES string of the molecule is CCNC(=O)CNc1c(C(=O)O)nnc2ccccc12. The van der Waals surface area contributed by atoms with Crippen LogP contribution in [0.5, 0.6) is 0 Å². The number of carbonyl (C=O) groups excluding carboxylic acids is 1. The molecule has 0 spiro atoms. The van der Waals surface area contributed by atoms with Gasteiger partial charge in [0.2, 0.25) is 5.91 Å². The van der Waals surface area contributed by atoms with Crippen molar-refractivity contribution in [3.8, 4) is 0 Å². The van der Waals surface area contributed by atoms with Gasteiger partial charge in [-0.1, -0.05) is 18.2 Å². The highest BCUT2D eigenvalue weighted by atomic mass is 16.4. The summed E-state index contributed by atoms with van der Waals surface area (Å²) in [4.78, 5) is 22.7. The van der Waals surface area contributed by atoms with Gasteiger partial charge in [0, 0.05) is 11.9 Å². The number of aromatic carboxylic acids is 1. The number of nitrogens with zero attached hydrogens (tertiary/aromatic N) is 2. The van der Waals surface area contributed by atoms with E-state index in [1.165, 1.54) is 0 Å². The maximum Gasteiger partial charge on any atom is 0.358 e. The molecule has 1 aromatic carbocycles. The van der Waals surface area contributed by atoms with E-state index in [4.69, 9.17) is 5.11 Å². The molecule has 1 aromatic heterocycles. The van der Waals surface area contributed by atoms with E-state index in [0.717, 1.165) is 0 Å². The smallest absolute Gasteiger partial charge is 0.358 e. The lowest BCUT2D eigenvalue weighted by Crippen LogP contribution is -2.30. The van der Waals surface area contributed by atoms with Gasteiger partial charge in [-0.3, -0.25) is 4.79 Å². The summed E-state index contributed by atoms with van der Waals surface area (Å²) in [6.07, 6.45) is 0. The molecule has 1 heterocycles. The molecule has 0 radical (unpaired) electrons. The molecule has 0 atom stereocenters. The molecule has 0 bridgehead atoms. The molecule has 20 heavy (non-hydrogen) atoms. The molecule has 3 N–H and O–H groups in total. The molecule has 0 unspecified atom stereocenters. The fourth-order valence-electron chi connectivity index (χ4n) is 1.81. The molecule has 1 amide bonds. The lowest BCUT2D eigenvalue weighted by atomic mass is 10.1. The molecule has 7 heteroatoms. The molecule has 0 aliphatic rings. The summed E-state index contributed by atoms with van der Waals surface area (Å²) in [5, 5.41) is 22.8. The summed E-state index contributed by atoms with van der Waals surface area (Å²) in [7, 11) is 0. The van der Waals surface area contributed by atoms with Gasteiger partial charge in [-0.2, -0.15) is 0 Å². The molecule has 0 aliphatic heterocycles. The van der Waals surface area contributed by atoms with Crippen LogP contribution in [0.4, 0.5) is 5.69 Å². The lowest BCUT2D eigenvalue weighted by Gasteiger charge is -2.11. The number of carboxylic acids is 1. The molecular weight excluding hydrogens is 260 g/mol. The van der Waals surface area contributed by atoms with Gasteiger partial charge in [0.15, 0.2) is 5.69 Å². The van der Waals surface area contributed by atoms with Crippen LogP contribution in [0.2, 0.25) is 0 Å². The van der Waals surface area contributed by atoms with E-state index in [2.05, 4.69) is 20.8 Å². The van der Waals surface area contributed by atoms with Gasteiger partial charge < -0.3 is 15.7 Å². The third-order valence-electron chi connectivity index (χ3n) is 2.67. The van der Waals surface area contributed by atoms with Crippen LogP contribution in [0.25, 0.3) is 10.9 Å². The second kappa shape index (κ2) is 5.96. The predicted octanol–water partition coefficient (Wildman–Crippen LogP) is 0.876. The Hall–Kier alpha value is -2.70. The Morgan fingerprint density at radius 2 is 2.00 bits per heavy atom. The Morgan fingerprint density at radius 3 is 2.70 bits per heavy atom. The van der Waals surface area contributed by atoms with E-state index < -0.39 is 5.97 Å². The molecular formula is C13H14N4O3. The molecule has 0 saturated heterocycles. The Morgan fingerprint density at radius 1 is 1.25 bits per heavy atom. The van der Waals surface area contributed by atoms with Crippen LogP contribution in [0.3, 0.4) is 0 Å². The van der Waals surface area contributed by atoms with Gasteiger partial charge in [0.05, 0.1) is 17.7 Å². The third kappa shape index (κ3) is 2.82. The summed E-state index contributed by atoms with van der Waals surface area (Å²) in [5.41, 5.74) is 0.665. The predicted molar refractivity (Wildman–Crippen MR) is 73.7 cm³/mol. The van der Waals surface area contributed by atoms with Crippen molar-refractivity contribution in [3.05, 3.63) is 30.0 Å². The van der Waals surface area contributed by atoms with E-state index >= 15 is 0 Å². The van der Waals surface area contributed by atoms with Gasteiger partial charge in [-0.15, -0.1) is 10.2 Å². The van der Waals surface area contributed by atoms with Crippen molar-refractivity contribution < 1.29 is 14.7 Å². The van der Waals surface area contributed by atoms with Crippen molar-refractivity contribution in [2.24, 2.45) is 0 Å². The number of anilines is 1. The minimum absolute atomic E-state index is 0.0240. The van der Waals surface area contributed by atoms with Gasteiger partial charge in [-0.25, -0.2) is 4.79 Å². The van der Waals surface area contributed by atoms with Gasteiger partial charge in [-0.05, 0) is 13.0 Å². The highest BCUT2D eigenvalue weighted by Gasteiger charge is 2.16. The number of rotatable bonds is 5. The minimum Gasteiger partial charge on any atom is -0.476 e. The number of amides is 1. The average Bonchev–Trinajstić information content (AvgIpc) is 2.44. The number of aromatic nitrogens is 2. The second-order valence-electron chi connectivity index (χ2n) is 4.05. The first kappa shape index (κ1) is 13.7. The van der Waals surface area contributed by atoms with Crippen molar-refractivity contribution in [2.75, 3.05) is 18.4 Å². The molecule has 2 aromatic rings. The first-order valence-electron chi connectivity index (χ1n) is 6.12. The number of hydrogen-bond acceptors (Lipinski definition) is 5. The topological polar surface area (TPSA) is 104 Å². The Labute approximate surface area is 115 Å². The van der Waals surface area contributed by atoms with Gasteiger partial charge in [0.1, 0.15) is 0 Å². The van der Waals surface area contributed by atoms with Crippen molar-refractivity contribution in [1.82, 2.24) is 15.5 Å². The molecule has 104 valence electrons. The molecule has 2 rings (SSSR count). The van der Waals surface area contributed by atoms with Crippen molar-refractivity contribution in [1.29, 1.82) is 0 Å². The summed E-state index contributed by atoms with van der Waals surface area (Å²) in [5.74, 6) is -1.41. The maximum absolute atomic E-state index is 11.5. The van der Waals surface area contributed by atoms with Crippen LogP contribution in [-0.2, 0) is 4.79 Å². The Bertz CT molecular complexity index is 657. The maximum atomic E-state index is 11.5. The Kier molecular flexibility index (Phi) is 4.09. The van der Waals surface area contributed by atoms with Crippen LogP contribution < -0.4 is 10.6 Å². The quantitative estimate of drug-likeness (QED) is 0.747. The number of carboxylic acid groups (broad SMARTS) is 1. The number of benzene rings is 1. The zero-order valence-electron chi connectivity index (χ0n) is 10.9. The normalized spacial score (nSPS) is 10.2. The largest absolute Gasteiger partial charge is 0.476 e. The zero-order valence-corrected chi connectivity index (χ0v) is 10.9. The summed E-state index contributed by atoms with van der Waals surface area (Å²) < 4.78 is 0. The molecule has 7 nitrogen and oxygen atoms in total. The fourth-order valence-corrected chi connectivity index (χ4v) is 1.81. The van der Waals surface area contributed by atoms with E-state index in [9.17, 15) is 9.59 Å². The van der Waals surface area contributed by atoms with E-state index in [1.54, 1.807) is 24.3 Å². The Balaban J connectivity index is 2.39. The van der Waals surface area contributed by atoms with Gasteiger partial charge in [0.25, 0.3) is 0 Å². The van der Waals surface area contributed by atoms with E-state index in [1.807, 2.05) is 6.92 Å². The monoisotopic (exact) mass is 274 g/mol. The van der Waals surface area contributed by atoms with Crippen molar-refractivity contribution in [3.63, 3.8) is 0 Å². The molecule has 0 saturated carbocycles. The number of likely N-dealkylation sites (N-methyl/N-ethyl adjacent to an activating group) is 1. The van der Waals surface area contributed by atoms with Gasteiger partial charge >= 0.3 is 5.97 Å². The van der Waals surface area contributed by atoms with E-state index in [-0.39, 0.29) is 18.1 Å². The first-order valence-corrected chi connectivity index (χ1v) is 6.12. The standard InChI is InChI=1S/C13H14N4O3/c1-2-14-10(18)7-15-11-8-5-3-4-6-9(8)16-17-12(11)13(19)20/h3-6H,2,7H2,1H3,(H,14,18)(H,15,16)(H,19,20). The van der Waals surface area contributed by atoms with Crippen molar-refractivity contribution >= 4 is 28.5 Å². The summed E-state index contributed by atoms with van der Waals surface area (Å²) in [6.45, 7) is 2.30. The first-order chi connectivity index (χ1) is 9.63. The number of nitrogens with one attached hydrogen (secondary N) is 2. The van der Waals surface area contributed by atoms with Crippen LogP contribution in [0.15, 0.2) is 24.3 Å². The average molecular weight is 274 g/mol. The summed E-state index contributed by atoms with van der Waals surface area (Å²) >= 11 is 0. The molecule has 0 fully saturated rings. The minimum atomic E-state index is -1.19. The third-order valence-corrected chi connectivity index (χ3v) is 2.67. The highest BCUT2D eigenvalue weighted by Crippen LogP contribution is 2.23. The number of hydrogen-bond donors (Lipinski definition) is 3. The highest BCUT2D eigenvalue weighted by molar-refractivity contribution is 6.03. The lowest BCUT2D eigenvalue weighted by molar-refractivity contribution is -0.119. The fraction of sp³-hybridized carbons (Fsp3) is 0.231. The zero-order chi connectivity index (χ0) is 14.5. The molecule has 0 aliphatic carbocycles. The van der Waals surface area contributed by atoms with Crippen LogP contribution >= 0.6 is 0 Å².